The van der Waals surface area contributed by atoms with Gasteiger partial charge in [0.15, 0.2) is 11.6 Å². The van der Waals surface area contributed by atoms with Gasteiger partial charge in [-0.15, -0.1) is 0 Å². The van der Waals surface area contributed by atoms with Crippen molar-refractivity contribution < 1.29 is 18.4 Å². The molecule has 0 aliphatic heterocycles. The average Bonchev–Trinajstić information content (AvgIpc) is 3.35. The molecular formula is C18H16F2N2O2. The lowest BCUT2D eigenvalue weighted by Gasteiger charge is -2.07. The van der Waals surface area contributed by atoms with Gasteiger partial charge < -0.3 is 10.6 Å². The molecule has 0 bridgehead atoms. The zero-order chi connectivity index (χ0) is 17.1. The van der Waals surface area contributed by atoms with E-state index in [0.717, 1.165) is 30.5 Å². The minimum atomic E-state index is -1.07. The van der Waals surface area contributed by atoms with E-state index in [0.29, 0.717) is 11.7 Å². The molecule has 4 nitrogen and oxygen atoms in total. The summed E-state index contributed by atoms with van der Waals surface area (Å²) in [6.45, 7) is 0. The molecule has 0 heterocycles. The summed E-state index contributed by atoms with van der Waals surface area (Å²) in [5.74, 6) is -2.62. The smallest absolute Gasteiger partial charge is 0.255 e. The molecule has 124 valence electrons. The summed E-state index contributed by atoms with van der Waals surface area (Å²) in [7, 11) is 0. The molecule has 0 unspecified atom stereocenters. The molecule has 3 rings (SSSR count). The van der Waals surface area contributed by atoms with Gasteiger partial charge in [0.25, 0.3) is 5.91 Å². The molecule has 24 heavy (non-hydrogen) atoms. The standard InChI is InChI=1S/C18H16F2N2O2/c19-15-8-3-12(10-16(15)20)18(24)22-14-4-1-11(2-5-14)9-17(23)21-13-6-7-13/h1-5,8,10,13H,6-7,9H2,(H,21,23)(H,22,24). The number of carbonyl (C=O) groups is 2. The van der Waals surface area contributed by atoms with Crippen LogP contribution in [-0.4, -0.2) is 17.9 Å². The fourth-order valence-electron chi connectivity index (χ4n) is 2.24. The number of hydrogen-bond acceptors (Lipinski definition) is 2. The van der Waals surface area contributed by atoms with Crippen LogP contribution in [0.5, 0.6) is 0 Å². The van der Waals surface area contributed by atoms with Gasteiger partial charge in [-0.25, -0.2) is 8.78 Å². The van der Waals surface area contributed by atoms with Gasteiger partial charge in [0.1, 0.15) is 0 Å². The highest BCUT2D eigenvalue weighted by Gasteiger charge is 2.23. The monoisotopic (exact) mass is 330 g/mol. The maximum absolute atomic E-state index is 13.2. The number of anilines is 1. The third-order valence-electron chi connectivity index (χ3n) is 3.70. The van der Waals surface area contributed by atoms with Crippen LogP contribution in [0.3, 0.4) is 0 Å². The Morgan fingerprint density at radius 3 is 2.33 bits per heavy atom. The molecule has 1 aliphatic rings. The first-order chi connectivity index (χ1) is 11.5. The summed E-state index contributed by atoms with van der Waals surface area (Å²) in [4.78, 5) is 23.7. The Kier molecular flexibility index (Phi) is 4.55. The van der Waals surface area contributed by atoms with E-state index in [2.05, 4.69) is 10.6 Å². The van der Waals surface area contributed by atoms with Gasteiger partial charge in [-0.2, -0.15) is 0 Å². The molecule has 0 radical (unpaired) electrons. The number of benzene rings is 2. The minimum Gasteiger partial charge on any atom is -0.353 e. The number of nitrogens with one attached hydrogen (secondary N) is 2. The minimum absolute atomic E-state index is 0.0175. The van der Waals surface area contributed by atoms with Crippen molar-refractivity contribution in [2.75, 3.05) is 5.32 Å². The zero-order valence-electron chi connectivity index (χ0n) is 12.8. The molecular weight excluding hydrogens is 314 g/mol. The van der Waals surface area contributed by atoms with E-state index in [-0.39, 0.29) is 17.9 Å². The second-order valence-electron chi connectivity index (χ2n) is 5.80. The number of halogens is 2. The quantitative estimate of drug-likeness (QED) is 0.885. The van der Waals surface area contributed by atoms with Gasteiger partial charge in [-0.3, -0.25) is 9.59 Å². The molecule has 1 aliphatic carbocycles. The molecule has 1 saturated carbocycles. The predicted molar refractivity (Wildman–Crippen MR) is 85.6 cm³/mol. The highest BCUT2D eigenvalue weighted by atomic mass is 19.2. The first-order valence-corrected chi connectivity index (χ1v) is 7.66. The lowest BCUT2D eigenvalue weighted by molar-refractivity contribution is -0.120. The van der Waals surface area contributed by atoms with E-state index in [1.54, 1.807) is 24.3 Å². The lowest BCUT2D eigenvalue weighted by atomic mass is 10.1. The number of hydrogen-bond donors (Lipinski definition) is 2. The number of amides is 2. The summed E-state index contributed by atoms with van der Waals surface area (Å²) in [6.07, 6.45) is 2.37. The summed E-state index contributed by atoms with van der Waals surface area (Å²) in [5.41, 5.74) is 1.37. The molecule has 0 aromatic heterocycles. The van der Waals surface area contributed by atoms with Crippen LogP contribution in [0.25, 0.3) is 0 Å². The van der Waals surface area contributed by atoms with Crippen molar-refractivity contribution in [3.63, 3.8) is 0 Å². The van der Waals surface area contributed by atoms with Crippen LogP contribution in [0.2, 0.25) is 0 Å². The molecule has 0 atom stereocenters. The first kappa shape index (κ1) is 16.1. The number of carbonyl (C=O) groups excluding carboxylic acids is 2. The van der Waals surface area contributed by atoms with Crippen LogP contribution in [0.4, 0.5) is 14.5 Å². The Morgan fingerprint density at radius 2 is 1.71 bits per heavy atom. The summed E-state index contributed by atoms with van der Waals surface area (Å²) >= 11 is 0. The first-order valence-electron chi connectivity index (χ1n) is 7.66. The highest BCUT2D eigenvalue weighted by molar-refractivity contribution is 6.04. The van der Waals surface area contributed by atoms with Crippen LogP contribution in [0, 0.1) is 11.6 Å². The Balaban J connectivity index is 1.59. The second kappa shape index (κ2) is 6.78. The van der Waals surface area contributed by atoms with Gasteiger partial charge in [0.2, 0.25) is 5.91 Å². The van der Waals surface area contributed by atoms with Crippen molar-refractivity contribution in [1.82, 2.24) is 5.32 Å². The molecule has 2 N–H and O–H groups in total. The molecule has 6 heteroatoms. The summed E-state index contributed by atoms with van der Waals surface area (Å²) < 4.78 is 26.0. The van der Waals surface area contributed by atoms with Crippen LogP contribution in [-0.2, 0) is 11.2 Å². The summed E-state index contributed by atoms with van der Waals surface area (Å²) in [5, 5.41) is 5.50. The van der Waals surface area contributed by atoms with Gasteiger partial charge in [-0.05, 0) is 48.7 Å². The van der Waals surface area contributed by atoms with E-state index in [9.17, 15) is 18.4 Å². The fourth-order valence-corrected chi connectivity index (χ4v) is 2.24. The van der Waals surface area contributed by atoms with Crippen molar-refractivity contribution in [2.45, 2.75) is 25.3 Å². The van der Waals surface area contributed by atoms with Crippen molar-refractivity contribution >= 4 is 17.5 Å². The van der Waals surface area contributed by atoms with Crippen LogP contribution in [0.15, 0.2) is 42.5 Å². The molecule has 0 saturated heterocycles. The average molecular weight is 330 g/mol. The van der Waals surface area contributed by atoms with Gasteiger partial charge in [0, 0.05) is 17.3 Å². The van der Waals surface area contributed by atoms with E-state index >= 15 is 0 Å². The Morgan fingerprint density at radius 1 is 1.00 bits per heavy atom. The molecule has 1 fully saturated rings. The van der Waals surface area contributed by atoms with E-state index in [1.807, 2.05) is 0 Å². The third-order valence-corrected chi connectivity index (χ3v) is 3.70. The normalized spacial score (nSPS) is 13.4. The summed E-state index contributed by atoms with van der Waals surface area (Å²) in [6, 6.07) is 10.1. The lowest BCUT2D eigenvalue weighted by Crippen LogP contribution is -2.26. The molecule has 2 amide bonds. The van der Waals surface area contributed by atoms with E-state index in [1.165, 1.54) is 6.07 Å². The maximum Gasteiger partial charge on any atom is 0.255 e. The Bertz CT molecular complexity index is 771. The van der Waals surface area contributed by atoms with Crippen LogP contribution >= 0.6 is 0 Å². The van der Waals surface area contributed by atoms with Crippen molar-refractivity contribution in [3.05, 3.63) is 65.2 Å². The van der Waals surface area contributed by atoms with Gasteiger partial charge in [-0.1, -0.05) is 12.1 Å². The molecule has 2 aromatic rings. The predicted octanol–water partition coefficient (Wildman–Crippen LogP) is 3.04. The van der Waals surface area contributed by atoms with Crippen LogP contribution < -0.4 is 10.6 Å². The van der Waals surface area contributed by atoms with Crippen molar-refractivity contribution in [2.24, 2.45) is 0 Å². The largest absolute Gasteiger partial charge is 0.353 e. The Hall–Kier alpha value is -2.76. The van der Waals surface area contributed by atoms with Crippen LogP contribution in [0.1, 0.15) is 28.8 Å². The van der Waals surface area contributed by atoms with Gasteiger partial charge in [0.05, 0.1) is 6.42 Å². The third kappa shape index (κ3) is 4.16. The van der Waals surface area contributed by atoms with Crippen molar-refractivity contribution in [3.8, 4) is 0 Å². The SMILES string of the molecule is O=C(Cc1ccc(NC(=O)c2ccc(F)c(F)c2)cc1)NC1CC1. The Labute approximate surface area is 137 Å². The maximum atomic E-state index is 13.2. The van der Waals surface area contributed by atoms with Crippen molar-refractivity contribution in [1.29, 1.82) is 0 Å². The molecule has 2 aromatic carbocycles. The van der Waals surface area contributed by atoms with Gasteiger partial charge >= 0.3 is 0 Å². The highest BCUT2D eigenvalue weighted by Crippen LogP contribution is 2.19. The zero-order valence-corrected chi connectivity index (χ0v) is 12.8. The molecule has 0 spiro atoms. The number of rotatable bonds is 5. The fraction of sp³-hybridized carbons (Fsp3) is 0.222. The van der Waals surface area contributed by atoms with E-state index < -0.39 is 17.5 Å². The topological polar surface area (TPSA) is 58.2 Å². The second-order valence-corrected chi connectivity index (χ2v) is 5.80. The van der Waals surface area contributed by atoms with E-state index in [4.69, 9.17) is 0 Å².